The summed E-state index contributed by atoms with van der Waals surface area (Å²) in [5.41, 5.74) is -3.24. The van der Waals surface area contributed by atoms with E-state index < -0.39 is 29.0 Å². The molecule has 1 amide bonds. The second-order valence-corrected chi connectivity index (χ2v) is 10.9. The number of nitrogens with one attached hydrogen (secondary N) is 2. The van der Waals surface area contributed by atoms with Crippen molar-refractivity contribution in [3.8, 4) is 0 Å². The van der Waals surface area contributed by atoms with Gasteiger partial charge >= 0.3 is 12.4 Å². The van der Waals surface area contributed by atoms with Crippen molar-refractivity contribution in [1.82, 2.24) is 15.5 Å². The molecule has 0 radical (unpaired) electrons. The van der Waals surface area contributed by atoms with Crippen LogP contribution in [0.3, 0.4) is 0 Å². The number of amides is 1. The van der Waals surface area contributed by atoms with Gasteiger partial charge in [-0.3, -0.25) is 9.69 Å². The molecular formula is C26H35F6N3O2. The number of hydrogen-bond acceptors (Lipinski definition) is 4. The van der Waals surface area contributed by atoms with Gasteiger partial charge in [-0.05, 0) is 68.3 Å². The fourth-order valence-electron chi connectivity index (χ4n) is 5.61. The van der Waals surface area contributed by atoms with Gasteiger partial charge in [0, 0.05) is 31.7 Å². The lowest BCUT2D eigenvalue weighted by Gasteiger charge is -2.49. The van der Waals surface area contributed by atoms with E-state index in [4.69, 9.17) is 4.74 Å². The molecule has 0 aromatic heterocycles. The third kappa shape index (κ3) is 7.17. The van der Waals surface area contributed by atoms with Gasteiger partial charge in [0.25, 0.3) is 0 Å². The lowest BCUT2D eigenvalue weighted by Crippen LogP contribution is -2.61. The van der Waals surface area contributed by atoms with Crippen LogP contribution in [-0.2, 0) is 28.3 Å². The monoisotopic (exact) mass is 535 g/mol. The summed E-state index contributed by atoms with van der Waals surface area (Å²) in [5.74, 6) is -0.0978. The Bertz CT molecular complexity index is 905. The van der Waals surface area contributed by atoms with Crippen LogP contribution in [0.1, 0.15) is 49.3 Å². The van der Waals surface area contributed by atoms with Gasteiger partial charge in [-0.15, -0.1) is 0 Å². The fourth-order valence-corrected chi connectivity index (χ4v) is 5.61. The van der Waals surface area contributed by atoms with Gasteiger partial charge in [-0.2, -0.15) is 26.3 Å². The van der Waals surface area contributed by atoms with Gasteiger partial charge < -0.3 is 15.4 Å². The first-order chi connectivity index (χ1) is 17.4. The van der Waals surface area contributed by atoms with Gasteiger partial charge in [-0.25, -0.2) is 0 Å². The average molecular weight is 536 g/mol. The van der Waals surface area contributed by atoms with Crippen LogP contribution < -0.4 is 10.6 Å². The summed E-state index contributed by atoms with van der Waals surface area (Å²) >= 11 is 0. The van der Waals surface area contributed by atoms with Crippen LogP contribution >= 0.6 is 0 Å². The van der Waals surface area contributed by atoms with Gasteiger partial charge in [0.2, 0.25) is 5.91 Å². The summed E-state index contributed by atoms with van der Waals surface area (Å²) in [7, 11) is 0. The van der Waals surface area contributed by atoms with Crippen LogP contribution in [0.15, 0.2) is 18.2 Å². The molecule has 3 unspecified atom stereocenters. The first-order valence-corrected chi connectivity index (χ1v) is 13.0. The van der Waals surface area contributed by atoms with Crippen molar-refractivity contribution in [1.29, 1.82) is 0 Å². The minimum atomic E-state index is -4.89. The number of nitrogens with zero attached hydrogens (tertiary/aromatic N) is 1. The average Bonchev–Trinajstić information content (AvgIpc) is 3.49. The van der Waals surface area contributed by atoms with Crippen molar-refractivity contribution in [3.63, 3.8) is 0 Å². The zero-order chi connectivity index (χ0) is 26.8. The number of carbonyl (C=O) groups is 1. The van der Waals surface area contributed by atoms with Gasteiger partial charge in [0.1, 0.15) is 0 Å². The van der Waals surface area contributed by atoms with E-state index in [0.29, 0.717) is 45.2 Å². The highest BCUT2D eigenvalue weighted by Crippen LogP contribution is 2.43. The molecule has 11 heteroatoms. The number of ether oxygens (including phenoxy) is 1. The Hall–Kier alpha value is -1.85. The van der Waals surface area contributed by atoms with E-state index in [2.05, 4.69) is 15.5 Å². The molecule has 1 aromatic rings. The second-order valence-electron chi connectivity index (χ2n) is 10.9. The zero-order valence-electron chi connectivity index (χ0n) is 21.0. The summed E-state index contributed by atoms with van der Waals surface area (Å²) in [6.45, 7) is 5.73. The molecule has 0 bridgehead atoms. The maximum atomic E-state index is 13.5. The van der Waals surface area contributed by atoms with E-state index in [1.807, 2.05) is 6.92 Å². The molecule has 5 nitrogen and oxygen atoms in total. The highest BCUT2D eigenvalue weighted by molar-refractivity contribution is 5.79. The summed E-state index contributed by atoms with van der Waals surface area (Å²) in [4.78, 5) is 15.0. The van der Waals surface area contributed by atoms with E-state index in [9.17, 15) is 31.1 Å². The third-order valence-corrected chi connectivity index (χ3v) is 8.11. The van der Waals surface area contributed by atoms with Gasteiger partial charge in [0.15, 0.2) is 0 Å². The number of hydrogen-bond donors (Lipinski definition) is 2. The van der Waals surface area contributed by atoms with Crippen LogP contribution in [0.5, 0.6) is 0 Å². The third-order valence-electron chi connectivity index (χ3n) is 8.11. The largest absolute Gasteiger partial charge is 0.416 e. The minimum absolute atomic E-state index is 0.0126. The Morgan fingerprint density at radius 1 is 1.05 bits per heavy atom. The number of benzene rings is 1. The van der Waals surface area contributed by atoms with Crippen molar-refractivity contribution >= 4 is 5.91 Å². The molecule has 4 rings (SSSR count). The Morgan fingerprint density at radius 2 is 1.68 bits per heavy atom. The summed E-state index contributed by atoms with van der Waals surface area (Å²) in [6.07, 6.45) is -6.34. The molecule has 0 spiro atoms. The normalized spacial score (nSPS) is 24.0. The molecule has 3 aliphatic rings. The quantitative estimate of drug-likeness (QED) is 0.458. The highest BCUT2D eigenvalue weighted by atomic mass is 19.4. The molecule has 37 heavy (non-hydrogen) atoms. The van der Waals surface area contributed by atoms with Crippen molar-refractivity contribution in [2.45, 2.75) is 56.9 Å². The topological polar surface area (TPSA) is 53.6 Å². The molecule has 1 aliphatic carbocycles. The number of alkyl halides is 6. The predicted molar refractivity (Wildman–Crippen MR) is 126 cm³/mol. The van der Waals surface area contributed by atoms with Crippen LogP contribution in [0.25, 0.3) is 0 Å². The number of morpholine rings is 1. The lowest BCUT2D eigenvalue weighted by molar-refractivity contribution is -0.143. The standard InChI is InChI=1S/C26H35F6N3O2/c1-24(35-6-8-37-9-7-35,16-34-23(36)19-4-5-33-15-19)20(10-17-2-3-17)11-18-12-21(25(27,28)29)14-22(13-18)26(30,31)32/h12-14,17,19-20,33H,2-11,15-16H2,1H3,(H,34,36). The van der Waals surface area contributed by atoms with Crippen LogP contribution in [0.2, 0.25) is 0 Å². The van der Waals surface area contributed by atoms with Crippen molar-refractivity contribution in [2.75, 3.05) is 45.9 Å². The molecule has 3 fully saturated rings. The Labute approximate surface area is 213 Å². The van der Waals surface area contributed by atoms with Gasteiger partial charge in [0.05, 0.1) is 30.3 Å². The molecule has 1 aromatic carbocycles. The maximum Gasteiger partial charge on any atom is 0.416 e. The van der Waals surface area contributed by atoms with E-state index in [1.54, 1.807) is 0 Å². The smallest absolute Gasteiger partial charge is 0.379 e. The number of halogens is 6. The van der Waals surface area contributed by atoms with Crippen molar-refractivity contribution in [2.24, 2.45) is 17.8 Å². The second kappa shape index (κ2) is 11.1. The SMILES string of the molecule is CC(CNC(=O)C1CCNC1)(C(Cc1cc(C(F)(F)F)cc(C(F)(F)F)c1)CC1CC1)N1CCOCC1. The molecule has 2 N–H and O–H groups in total. The molecule has 1 saturated carbocycles. The Morgan fingerprint density at radius 3 is 2.19 bits per heavy atom. The summed E-state index contributed by atoms with van der Waals surface area (Å²) in [6, 6.07) is 1.87. The van der Waals surface area contributed by atoms with Crippen molar-refractivity contribution < 1.29 is 35.9 Å². The minimum Gasteiger partial charge on any atom is -0.379 e. The number of carbonyl (C=O) groups excluding carboxylic acids is 1. The van der Waals surface area contributed by atoms with E-state index >= 15 is 0 Å². The van der Waals surface area contributed by atoms with E-state index in [-0.39, 0.29) is 42.3 Å². The molecular weight excluding hydrogens is 500 g/mol. The highest BCUT2D eigenvalue weighted by Gasteiger charge is 2.44. The lowest BCUT2D eigenvalue weighted by atomic mass is 9.76. The zero-order valence-corrected chi connectivity index (χ0v) is 21.0. The van der Waals surface area contributed by atoms with Crippen LogP contribution in [0, 0.1) is 17.8 Å². The first-order valence-electron chi connectivity index (χ1n) is 13.0. The van der Waals surface area contributed by atoms with Gasteiger partial charge in [-0.1, -0.05) is 12.8 Å². The maximum absolute atomic E-state index is 13.5. The molecule has 2 heterocycles. The van der Waals surface area contributed by atoms with E-state index in [0.717, 1.165) is 37.9 Å². The molecule has 2 aliphatic heterocycles. The number of rotatable bonds is 9. The summed E-state index contributed by atoms with van der Waals surface area (Å²) in [5, 5.41) is 6.24. The first kappa shape index (κ1) is 28.2. The van der Waals surface area contributed by atoms with E-state index in [1.165, 1.54) is 0 Å². The Balaban J connectivity index is 1.65. The molecule has 3 atom stereocenters. The molecule has 208 valence electrons. The van der Waals surface area contributed by atoms with Crippen molar-refractivity contribution in [3.05, 3.63) is 34.9 Å². The van der Waals surface area contributed by atoms with Crippen LogP contribution in [-0.4, -0.2) is 62.3 Å². The fraction of sp³-hybridized carbons (Fsp3) is 0.731. The van der Waals surface area contributed by atoms with Crippen LogP contribution in [0.4, 0.5) is 26.3 Å². The Kier molecular flexibility index (Phi) is 8.45. The predicted octanol–water partition coefficient (Wildman–Crippen LogP) is 4.50. The summed E-state index contributed by atoms with van der Waals surface area (Å²) < 4.78 is 86.7. The molecule has 2 saturated heterocycles.